The Labute approximate surface area is 81.2 Å². The van der Waals surface area contributed by atoms with Gasteiger partial charge < -0.3 is 4.74 Å². The molecule has 0 fully saturated rings. The number of nitrogens with zero attached hydrogens (tertiary/aromatic N) is 1. The van der Waals surface area contributed by atoms with E-state index >= 15 is 0 Å². The molecule has 74 valence electrons. The number of carbonyl (C=O) groups excluding carboxylic acids is 1. The molecular formula is C10H10FNO2. The maximum atomic E-state index is 13.3. The Kier molecular flexibility index (Phi) is 3.37. The van der Waals surface area contributed by atoms with Crippen molar-refractivity contribution in [2.75, 3.05) is 7.11 Å². The molecule has 1 aromatic rings. The van der Waals surface area contributed by atoms with E-state index in [1.54, 1.807) is 13.0 Å². The summed E-state index contributed by atoms with van der Waals surface area (Å²) in [7, 11) is 1.41. The van der Waals surface area contributed by atoms with Crippen LogP contribution in [0, 0.1) is 12.7 Å². The van der Waals surface area contributed by atoms with Gasteiger partial charge in [-0.05, 0) is 24.1 Å². The lowest BCUT2D eigenvalue weighted by Crippen LogP contribution is -1.94. The highest BCUT2D eigenvalue weighted by atomic mass is 19.1. The molecule has 3 nitrogen and oxygen atoms in total. The molecule has 0 aliphatic carbocycles. The quantitative estimate of drug-likeness (QED) is 0.546. The molecule has 0 aromatic heterocycles. The van der Waals surface area contributed by atoms with Crippen molar-refractivity contribution in [3.8, 4) is 5.75 Å². The predicted molar refractivity (Wildman–Crippen MR) is 49.5 cm³/mol. The monoisotopic (exact) mass is 195 g/mol. The lowest BCUT2D eigenvalue weighted by Gasteiger charge is -2.07. The summed E-state index contributed by atoms with van der Waals surface area (Å²) in [5, 5.41) is 0. The lowest BCUT2D eigenvalue weighted by molar-refractivity contribution is 0.383. The smallest absolute Gasteiger partial charge is 0.235 e. The first-order chi connectivity index (χ1) is 6.69. The van der Waals surface area contributed by atoms with E-state index in [1.807, 2.05) is 0 Å². The number of isocyanates is 1. The van der Waals surface area contributed by atoms with Crippen molar-refractivity contribution in [3.05, 3.63) is 29.1 Å². The van der Waals surface area contributed by atoms with E-state index in [2.05, 4.69) is 4.99 Å². The fraction of sp³-hybridized carbons (Fsp3) is 0.300. The fourth-order valence-electron chi connectivity index (χ4n) is 1.28. The van der Waals surface area contributed by atoms with Crippen molar-refractivity contribution in [2.45, 2.75) is 13.5 Å². The Morgan fingerprint density at radius 1 is 1.57 bits per heavy atom. The van der Waals surface area contributed by atoms with Crippen LogP contribution < -0.4 is 4.74 Å². The summed E-state index contributed by atoms with van der Waals surface area (Å²) in [5.74, 6) is -0.215. The minimum absolute atomic E-state index is 0.144. The topological polar surface area (TPSA) is 38.7 Å². The second-order valence-electron chi connectivity index (χ2n) is 2.84. The van der Waals surface area contributed by atoms with Gasteiger partial charge in [0.05, 0.1) is 13.7 Å². The fourth-order valence-corrected chi connectivity index (χ4v) is 1.28. The van der Waals surface area contributed by atoms with Crippen LogP contribution in [0.25, 0.3) is 0 Å². The second-order valence-corrected chi connectivity index (χ2v) is 2.84. The summed E-state index contributed by atoms with van der Waals surface area (Å²) in [5.41, 5.74) is 1.31. The van der Waals surface area contributed by atoms with Gasteiger partial charge in [-0.2, -0.15) is 0 Å². The van der Waals surface area contributed by atoms with Gasteiger partial charge in [0.1, 0.15) is 0 Å². The maximum absolute atomic E-state index is 13.3. The molecule has 0 saturated heterocycles. The van der Waals surface area contributed by atoms with Gasteiger partial charge in [-0.1, -0.05) is 6.07 Å². The zero-order chi connectivity index (χ0) is 10.6. The average Bonchev–Trinajstić information content (AvgIpc) is 2.14. The third kappa shape index (κ3) is 2.18. The summed E-state index contributed by atoms with van der Waals surface area (Å²) in [6.45, 7) is 1.88. The molecule has 14 heavy (non-hydrogen) atoms. The molecule has 0 atom stereocenters. The van der Waals surface area contributed by atoms with Crippen LogP contribution in [-0.4, -0.2) is 13.2 Å². The van der Waals surface area contributed by atoms with E-state index in [0.29, 0.717) is 11.1 Å². The van der Waals surface area contributed by atoms with Gasteiger partial charge >= 0.3 is 0 Å². The molecule has 0 saturated carbocycles. The van der Waals surface area contributed by atoms with Crippen molar-refractivity contribution in [1.29, 1.82) is 0 Å². The molecule has 0 unspecified atom stereocenters. The summed E-state index contributed by atoms with van der Waals surface area (Å²) in [6, 6.07) is 3.02. The molecule has 0 aliphatic heterocycles. The molecular weight excluding hydrogens is 185 g/mol. The van der Waals surface area contributed by atoms with Gasteiger partial charge in [0.2, 0.25) is 6.08 Å². The standard InChI is InChI=1S/C10H10FNO2/c1-7-3-8(5-12-6-13)4-9(11)10(7)14-2/h3-4H,5H2,1-2H3. The molecule has 0 radical (unpaired) electrons. The number of hydrogen-bond acceptors (Lipinski definition) is 3. The number of halogens is 1. The van der Waals surface area contributed by atoms with Crippen LogP contribution in [0.5, 0.6) is 5.75 Å². The Morgan fingerprint density at radius 2 is 2.29 bits per heavy atom. The van der Waals surface area contributed by atoms with Crippen molar-refractivity contribution in [2.24, 2.45) is 4.99 Å². The second kappa shape index (κ2) is 4.53. The summed E-state index contributed by atoms with van der Waals surface area (Å²) in [6.07, 6.45) is 1.41. The van der Waals surface area contributed by atoms with E-state index < -0.39 is 5.82 Å². The van der Waals surface area contributed by atoms with Gasteiger partial charge in [0.15, 0.2) is 11.6 Å². The number of methoxy groups -OCH3 is 1. The van der Waals surface area contributed by atoms with Crippen molar-refractivity contribution >= 4 is 6.08 Å². The zero-order valence-electron chi connectivity index (χ0n) is 8.00. The number of aryl methyl sites for hydroxylation is 1. The molecule has 0 heterocycles. The minimum Gasteiger partial charge on any atom is -0.493 e. The van der Waals surface area contributed by atoms with Crippen LogP contribution in [0.15, 0.2) is 17.1 Å². The summed E-state index contributed by atoms with van der Waals surface area (Å²) >= 11 is 0. The molecule has 4 heteroatoms. The predicted octanol–water partition coefficient (Wildman–Crippen LogP) is 1.98. The van der Waals surface area contributed by atoms with Gasteiger partial charge in [-0.15, -0.1) is 0 Å². The van der Waals surface area contributed by atoms with Crippen LogP contribution in [-0.2, 0) is 11.3 Å². The number of ether oxygens (including phenoxy) is 1. The highest BCUT2D eigenvalue weighted by Gasteiger charge is 2.07. The SMILES string of the molecule is COc1c(C)cc(CN=C=O)cc1F. The first kappa shape index (κ1) is 10.4. The first-order valence-electron chi connectivity index (χ1n) is 4.05. The Morgan fingerprint density at radius 3 is 2.79 bits per heavy atom. The number of benzene rings is 1. The van der Waals surface area contributed by atoms with Crippen molar-refractivity contribution in [1.82, 2.24) is 0 Å². The molecule has 1 rings (SSSR count). The molecule has 0 bridgehead atoms. The normalized spacial score (nSPS) is 9.36. The van der Waals surface area contributed by atoms with E-state index in [9.17, 15) is 9.18 Å². The Hall–Kier alpha value is -1.67. The number of hydrogen-bond donors (Lipinski definition) is 0. The Bertz CT molecular complexity index is 361. The van der Waals surface area contributed by atoms with E-state index in [1.165, 1.54) is 19.3 Å². The molecule has 0 aliphatic rings. The third-order valence-electron chi connectivity index (χ3n) is 1.82. The lowest BCUT2D eigenvalue weighted by atomic mass is 10.1. The van der Waals surface area contributed by atoms with Crippen LogP contribution >= 0.6 is 0 Å². The van der Waals surface area contributed by atoms with Crippen molar-refractivity contribution in [3.63, 3.8) is 0 Å². The van der Waals surface area contributed by atoms with Crippen molar-refractivity contribution < 1.29 is 13.9 Å². The minimum atomic E-state index is -0.441. The largest absolute Gasteiger partial charge is 0.493 e. The molecule has 1 aromatic carbocycles. The first-order valence-corrected chi connectivity index (χ1v) is 4.05. The van der Waals surface area contributed by atoms with E-state index in [4.69, 9.17) is 4.74 Å². The van der Waals surface area contributed by atoms with E-state index in [0.717, 1.165) is 0 Å². The Balaban J connectivity index is 3.07. The van der Waals surface area contributed by atoms with Gasteiger partial charge in [-0.3, -0.25) is 0 Å². The van der Waals surface area contributed by atoms with Gasteiger partial charge in [-0.25, -0.2) is 14.2 Å². The summed E-state index contributed by atoms with van der Waals surface area (Å²) in [4.78, 5) is 13.2. The zero-order valence-corrected chi connectivity index (χ0v) is 8.00. The highest BCUT2D eigenvalue weighted by Crippen LogP contribution is 2.23. The summed E-state index contributed by atoms with van der Waals surface area (Å²) < 4.78 is 18.1. The molecule has 0 amide bonds. The van der Waals surface area contributed by atoms with Gasteiger partial charge in [0.25, 0.3) is 0 Å². The van der Waals surface area contributed by atoms with Gasteiger partial charge in [0, 0.05) is 0 Å². The third-order valence-corrected chi connectivity index (χ3v) is 1.82. The highest BCUT2D eigenvalue weighted by molar-refractivity contribution is 5.39. The van der Waals surface area contributed by atoms with Crippen LogP contribution in [0.3, 0.4) is 0 Å². The molecule has 0 spiro atoms. The van der Waals surface area contributed by atoms with Crippen LogP contribution in [0.2, 0.25) is 0 Å². The molecule has 0 N–H and O–H groups in total. The van der Waals surface area contributed by atoms with Crippen LogP contribution in [0.4, 0.5) is 4.39 Å². The maximum Gasteiger partial charge on any atom is 0.235 e. The van der Waals surface area contributed by atoms with E-state index in [-0.39, 0.29) is 12.3 Å². The average molecular weight is 195 g/mol. The van der Waals surface area contributed by atoms with Crippen LogP contribution in [0.1, 0.15) is 11.1 Å². The number of aliphatic imine (C=N–C) groups is 1. The number of rotatable bonds is 3.